The fourth-order valence-corrected chi connectivity index (χ4v) is 1.60. The molecule has 1 fully saturated rings. The lowest BCUT2D eigenvalue weighted by Gasteiger charge is -2.14. The summed E-state index contributed by atoms with van der Waals surface area (Å²) in [5.74, 6) is -0.174. The molecule has 88 valence electrons. The van der Waals surface area contributed by atoms with E-state index in [1.54, 1.807) is 0 Å². The molecule has 1 saturated carbocycles. The van der Waals surface area contributed by atoms with Crippen LogP contribution in [0.4, 0.5) is 4.39 Å². The molecule has 0 radical (unpaired) electrons. The van der Waals surface area contributed by atoms with Gasteiger partial charge in [0.15, 0.2) is 0 Å². The first-order valence-corrected chi connectivity index (χ1v) is 5.95. The third-order valence-corrected chi connectivity index (χ3v) is 2.86. The van der Waals surface area contributed by atoms with E-state index in [4.69, 9.17) is 0 Å². The number of hydrogen-bond acceptors (Lipinski definition) is 2. The monoisotopic (exact) mass is 222 g/mol. The number of rotatable bonds is 6. The molecule has 0 aliphatic heterocycles. The zero-order valence-corrected chi connectivity index (χ0v) is 9.67. The Morgan fingerprint density at radius 2 is 2.00 bits per heavy atom. The van der Waals surface area contributed by atoms with E-state index in [9.17, 15) is 4.39 Å². The Labute approximate surface area is 96.2 Å². The maximum absolute atomic E-state index is 12.7. The molecule has 0 spiro atoms. The highest BCUT2D eigenvalue weighted by molar-refractivity contribution is 5.15. The molecular formula is C13H19FN2. The minimum Gasteiger partial charge on any atom is -0.312 e. The molecule has 0 bridgehead atoms. The molecule has 1 aromatic carbocycles. The van der Waals surface area contributed by atoms with Crippen LogP contribution in [0.25, 0.3) is 0 Å². The minimum atomic E-state index is -0.174. The number of halogens is 1. The van der Waals surface area contributed by atoms with Crippen LogP contribution in [0.1, 0.15) is 25.3 Å². The summed E-state index contributed by atoms with van der Waals surface area (Å²) in [5.41, 5.74) is 1.12. The van der Waals surface area contributed by atoms with Crippen LogP contribution in [0, 0.1) is 5.82 Å². The normalized spacial score (nSPS) is 17.4. The fraction of sp³-hybridized carbons (Fsp3) is 0.538. The summed E-state index contributed by atoms with van der Waals surface area (Å²) in [5, 5.41) is 6.90. The first kappa shape index (κ1) is 11.6. The van der Waals surface area contributed by atoms with E-state index in [2.05, 4.69) is 17.6 Å². The first-order valence-electron chi connectivity index (χ1n) is 5.95. The van der Waals surface area contributed by atoms with Crippen molar-refractivity contribution in [3.05, 3.63) is 35.6 Å². The van der Waals surface area contributed by atoms with Crippen molar-refractivity contribution in [3.8, 4) is 0 Å². The molecule has 2 nitrogen and oxygen atoms in total. The van der Waals surface area contributed by atoms with Gasteiger partial charge in [-0.15, -0.1) is 0 Å². The number of hydrogen-bond donors (Lipinski definition) is 2. The van der Waals surface area contributed by atoms with Crippen molar-refractivity contribution in [1.82, 2.24) is 10.6 Å². The number of nitrogens with one attached hydrogen (secondary N) is 2. The predicted molar refractivity (Wildman–Crippen MR) is 63.7 cm³/mol. The molecule has 16 heavy (non-hydrogen) atoms. The molecule has 0 heterocycles. The van der Waals surface area contributed by atoms with Gasteiger partial charge in [-0.2, -0.15) is 0 Å². The Morgan fingerprint density at radius 3 is 2.62 bits per heavy atom. The summed E-state index contributed by atoms with van der Waals surface area (Å²) >= 11 is 0. The molecule has 2 N–H and O–H groups in total. The molecular weight excluding hydrogens is 203 g/mol. The van der Waals surface area contributed by atoms with E-state index < -0.39 is 0 Å². The predicted octanol–water partition coefficient (Wildman–Crippen LogP) is 2.06. The second-order valence-corrected chi connectivity index (χ2v) is 4.59. The van der Waals surface area contributed by atoms with Crippen LogP contribution in [0.15, 0.2) is 24.3 Å². The standard InChI is InChI=1S/C13H19FN2/c1-10(8-16-13-6-7-13)15-9-11-2-4-12(14)5-3-11/h2-5,10,13,15-16H,6-9H2,1H3. The van der Waals surface area contributed by atoms with Gasteiger partial charge in [-0.05, 0) is 37.5 Å². The van der Waals surface area contributed by atoms with Gasteiger partial charge in [0, 0.05) is 25.2 Å². The van der Waals surface area contributed by atoms with Crippen molar-refractivity contribution in [2.75, 3.05) is 6.54 Å². The van der Waals surface area contributed by atoms with Gasteiger partial charge < -0.3 is 10.6 Å². The van der Waals surface area contributed by atoms with E-state index in [1.807, 2.05) is 12.1 Å². The second-order valence-electron chi connectivity index (χ2n) is 4.59. The van der Waals surface area contributed by atoms with Crippen LogP contribution in [0.5, 0.6) is 0 Å². The van der Waals surface area contributed by atoms with Gasteiger partial charge in [-0.1, -0.05) is 12.1 Å². The molecule has 1 aliphatic carbocycles. The van der Waals surface area contributed by atoms with Crippen molar-refractivity contribution in [1.29, 1.82) is 0 Å². The smallest absolute Gasteiger partial charge is 0.123 e. The zero-order chi connectivity index (χ0) is 11.4. The Kier molecular flexibility index (Phi) is 3.91. The molecule has 0 aromatic heterocycles. The van der Waals surface area contributed by atoms with Crippen molar-refractivity contribution in [2.45, 2.75) is 38.4 Å². The Bertz CT molecular complexity index is 319. The van der Waals surface area contributed by atoms with Gasteiger partial charge in [0.2, 0.25) is 0 Å². The molecule has 1 atom stereocenters. The Balaban J connectivity index is 1.67. The van der Waals surface area contributed by atoms with Crippen LogP contribution in [0.3, 0.4) is 0 Å². The minimum absolute atomic E-state index is 0.174. The van der Waals surface area contributed by atoms with Gasteiger partial charge >= 0.3 is 0 Å². The third-order valence-electron chi connectivity index (χ3n) is 2.86. The summed E-state index contributed by atoms with van der Waals surface area (Å²) in [7, 11) is 0. The highest BCUT2D eigenvalue weighted by Gasteiger charge is 2.20. The summed E-state index contributed by atoms with van der Waals surface area (Å²) in [6.07, 6.45) is 2.65. The summed E-state index contributed by atoms with van der Waals surface area (Å²) in [6.45, 7) is 3.97. The van der Waals surface area contributed by atoms with Crippen LogP contribution >= 0.6 is 0 Å². The van der Waals surface area contributed by atoms with Gasteiger partial charge in [0.05, 0.1) is 0 Å². The average molecular weight is 222 g/mol. The topological polar surface area (TPSA) is 24.1 Å². The van der Waals surface area contributed by atoms with Gasteiger partial charge in [-0.25, -0.2) is 4.39 Å². The van der Waals surface area contributed by atoms with E-state index >= 15 is 0 Å². The average Bonchev–Trinajstić information content (AvgIpc) is 3.09. The molecule has 3 heteroatoms. The second kappa shape index (κ2) is 5.41. The van der Waals surface area contributed by atoms with Gasteiger partial charge in [-0.3, -0.25) is 0 Å². The molecule has 2 rings (SSSR count). The maximum atomic E-state index is 12.7. The third kappa shape index (κ3) is 3.91. The van der Waals surface area contributed by atoms with Gasteiger partial charge in [0.25, 0.3) is 0 Å². The molecule has 0 saturated heterocycles. The lowest BCUT2D eigenvalue weighted by molar-refractivity contribution is 0.499. The fourth-order valence-electron chi connectivity index (χ4n) is 1.60. The van der Waals surface area contributed by atoms with Crippen molar-refractivity contribution < 1.29 is 4.39 Å². The molecule has 1 unspecified atom stereocenters. The SMILES string of the molecule is CC(CNC1CC1)NCc1ccc(F)cc1. The van der Waals surface area contributed by atoms with E-state index in [0.29, 0.717) is 6.04 Å². The van der Waals surface area contributed by atoms with Crippen molar-refractivity contribution in [3.63, 3.8) is 0 Å². The van der Waals surface area contributed by atoms with Crippen molar-refractivity contribution >= 4 is 0 Å². The Morgan fingerprint density at radius 1 is 1.31 bits per heavy atom. The van der Waals surface area contributed by atoms with Crippen molar-refractivity contribution in [2.24, 2.45) is 0 Å². The highest BCUT2D eigenvalue weighted by Crippen LogP contribution is 2.18. The van der Waals surface area contributed by atoms with Crippen LogP contribution in [0.2, 0.25) is 0 Å². The molecule has 0 amide bonds. The van der Waals surface area contributed by atoms with Crippen LogP contribution < -0.4 is 10.6 Å². The van der Waals surface area contributed by atoms with Gasteiger partial charge in [0.1, 0.15) is 5.82 Å². The number of benzene rings is 1. The largest absolute Gasteiger partial charge is 0.312 e. The van der Waals surface area contributed by atoms with E-state index in [-0.39, 0.29) is 5.82 Å². The highest BCUT2D eigenvalue weighted by atomic mass is 19.1. The van der Waals surface area contributed by atoms with Crippen LogP contribution in [-0.2, 0) is 6.54 Å². The lowest BCUT2D eigenvalue weighted by atomic mass is 10.2. The maximum Gasteiger partial charge on any atom is 0.123 e. The molecule has 1 aromatic rings. The Hall–Kier alpha value is -0.930. The molecule has 1 aliphatic rings. The van der Waals surface area contributed by atoms with E-state index in [0.717, 1.165) is 24.7 Å². The zero-order valence-electron chi connectivity index (χ0n) is 9.67. The summed E-state index contributed by atoms with van der Waals surface area (Å²) < 4.78 is 12.7. The quantitative estimate of drug-likeness (QED) is 0.770. The lowest BCUT2D eigenvalue weighted by Crippen LogP contribution is -2.36. The first-order chi connectivity index (χ1) is 7.74. The summed E-state index contributed by atoms with van der Waals surface area (Å²) in [6, 6.07) is 7.86. The van der Waals surface area contributed by atoms with E-state index in [1.165, 1.54) is 25.0 Å². The van der Waals surface area contributed by atoms with Crippen LogP contribution in [-0.4, -0.2) is 18.6 Å². The summed E-state index contributed by atoms with van der Waals surface area (Å²) in [4.78, 5) is 0.